The van der Waals surface area contributed by atoms with Crippen LogP contribution in [-0.4, -0.2) is 69.5 Å². The van der Waals surface area contributed by atoms with E-state index in [0.717, 1.165) is 37.9 Å². The third kappa shape index (κ3) is 11.1. The number of aromatic nitrogens is 1. The molecule has 0 unspecified atom stereocenters. The lowest BCUT2D eigenvalue weighted by Gasteiger charge is -2.25. The maximum Gasteiger partial charge on any atom is 0.243 e. The van der Waals surface area contributed by atoms with Crippen molar-refractivity contribution in [3.63, 3.8) is 0 Å². The van der Waals surface area contributed by atoms with Crippen molar-refractivity contribution in [3.05, 3.63) is 36.2 Å². The van der Waals surface area contributed by atoms with Gasteiger partial charge in [0.15, 0.2) is 0 Å². The molecule has 0 bridgehead atoms. The van der Waals surface area contributed by atoms with Gasteiger partial charge < -0.3 is 10.1 Å². The van der Waals surface area contributed by atoms with Gasteiger partial charge in [-0.1, -0.05) is 23.8 Å². The number of carbonyl (C=O) groups excluding carboxylic acids is 1. The first-order valence-electron chi connectivity index (χ1n) is 9.82. The molecule has 0 saturated carbocycles. The first kappa shape index (κ1) is 23.4. The Hall–Kier alpha value is -1.85. The molecule has 1 fully saturated rings. The SMILES string of the molecule is O=C(/C=C/c1cccnc1)NCCCCCCS(=O)(=O)NOCN1CCOCC1. The van der Waals surface area contributed by atoms with Gasteiger partial charge in [0.05, 0.1) is 19.0 Å². The van der Waals surface area contributed by atoms with E-state index in [0.29, 0.717) is 26.2 Å². The van der Waals surface area contributed by atoms with Crippen LogP contribution in [0.5, 0.6) is 0 Å². The largest absolute Gasteiger partial charge is 0.379 e. The zero-order valence-electron chi connectivity index (χ0n) is 16.6. The molecule has 162 valence electrons. The zero-order valence-corrected chi connectivity index (χ0v) is 17.4. The molecule has 0 aromatic carbocycles. The molecule has 2 heterocycles. The van der Waals surface area contributed by atoms with Crippen LogP contribution >= 0.6 is 0 Å². The molecule has 0 spiro atoms. The Labute approximate surface area is 172 Å². The summed E-state index contributed by atoms with van der Waals surface area (Å²) < 4.78 is 29.0. The highest BCUT2D eigenvalue weighted by Crippen LogP contribution is 2.03. The highest BCUT2D eigenvalue weighted by Gasteiger charge is 2.13. The molecule has 0 atom stereocenters. The Morgan fingerprint density at radius 1 is 1.24 bits per heavy atom. The third-order valence-corrected chi connectivity index (χ3v) is 5.49. The van der Waals surface area contributed by atoms with Crippen molar-refractivity contribution < 1.29 is 22.8 Å². The van der Waals surface area contributed by atoms with Crippen LogP contribution < -0.4 is 10.2 Å². The van der Waals surface area contributed by atoms with Crippen molar-refractivity contribution in [3.8, 4) is 0 Å². The van der Waals surface area contributed by atoms with E-state index in [1.807, 2.05) is 17.0 Å². The summed E-state index contributed by atoms with van der Waals surface area (Å²) in [7, 11) is -3.44. The average Bonchev–Trinajstić information content (AvgIpc) is 2.73. The van der Waals surface area contributed by atoms with Crippen LogP contribution in [0.15, 0.2) is 30.6 Å². The fourth-order valence-electron chi connectivity index (χ4n) is 2.67. The van der Waals surface area contributed by atoms with E-state index in [1.165, 1.54) is 6.08 Å². The number of ether oxygens (including phenoxy) is 1. The average molecular weight is 427 g/mol. The molecule has 9 nitrogen and oxygen atoms in total. The quantitative estimate of drug-likeness (QED) is 0.274. The molecule has 1 aliphatic rings. The van der Waals surface area contributed by atoms with Gasteiger partial charge in [-0.25, -0.2) is 8.42 Å². The number of unbranched alkanes of at least 4 members (excludes halogenated alkanes) is 3. The molecular weight excluding hydrogens is 396 g/mol. The Kier molecular flexibility index (Phi) is 10.8. The second kappa shape index (κ2) is 13.4. The topological polar surface area (TPSA) is 110 Å². The Bertz CT molecular complexity index is 721. The maximum atomic E-state index is 11.9. The summed E-state index contributed by atoms with van der Waals surface area (Å²) in [5, 5.41) is 2.81. The molecule has 1 saturated heterocycles. The molecule has 2 N–H and O–H groups in total. The molecule has 1 aromatic rings. The number of amides is 1. The highest BCUT2D eigenvalue weighted by atomic mass is 32.2. The van der Waals surface area contributed by atoms with Crippen molar-refractivity contribution in [2.24, 2.45) is 0 Å². The van der Waals surface area contributed by atoms with Crippen LogP contribution in [0.2, 0.25) is 0 Å². The van der Waals surface area contributed by atoms with Gasteiger partial charge in [0.25, 0.3) is 0 Å². The smallest absolute Gasteiger partial charge is 0.243 e. The molecule has 1 amide bonds. The molecule has 10 heteroatoms. The minimum atomic E-state index is -3.44. The molecular formula is C19H30N4O5S. The van der Waals surface area contributed by atoms with E-state index < -0.39 is 10.0 Å². The predicted octanol–water partition coefficient (Wildman–Crippen LogP) is 0.912. The zero-order chi connectivity index (χ0) is 20.8. The lowest BCUT2D eigenvalue weighted by Crippen LogP contribution is -2.40. The second-order valence-corrected chi connectivity index (χ2v) is 8.54. The van der Waals surface area contributed by atoms with E-state index in [9.17, 15) is 13.2 Å². The first-order valence-corrected chi connectivity index (χ1v) is 11.5. The molecule has 1 aromatic heterocycles. The van der Waals surface area contributed by atoms with Crippen LogP contribution in [0.4, 0.5) is 0 Å². The minimum absolute atomic E-state index is 0.0241. The normalized spacial score (nSPS) is 15.6. The number of nitrogens with zero attached hydrogens (tertiary/aromatic N) is 2. The first-order chi connectivity index (χ1) is 14.1. The number of pyridine rings is 1. The van der Waals surface area contributed by atoms with E-state index in [4.69, 9.17) is 9.57 Å². The van der Waals surface area contributed by atoms with Crippen LogP contribution in [0.1, 0.15) is 31.2 Å². The number of nitrogens with one attached hydrogen (secondary N) is 2. The summed E-state index contributed by atoms with van der Waals surface area (Å²) in [6.07, 6.45) is 9.51. The van der Waals surface area contributed by atoms with Gasteiger partial charge in [0, 0.05) is 38.1 Å². The Morgan fingerprint density at radius 3 is 2.79 bits per heavy atom. The lowest BCUT2D eigenvalue weighted by molar-refractivity contribution is -0.116. The fraction of sp³-hybridized carbons (Fsp3) is 0.579. The van der Waals surface area contributed by atoms with Crippen LogP contribution in [-0.2, 0) is 24.4 Å². The van der Waals surface area contributed by atoms with Crippen LogP contribution in [0.25, 0.3) is 6.08 Å². The highest BCUT2D eigenvalue weighted by molar-refractivity contribution is 7.89. The van der Waals surface area contributed by atoms with Gasteiger partial charge in [-0.3, -0.25) is 19.5 Å². The number of hydrogen-bond acceptors (Lipinski definition) is 7. The summed E-state index contributed by atoms with van der Waals surface area (Å²) in [4.78, 5) is 24.9. The van der Waals surface area contributed by atoms with E-state index >= 15 is 0 Å². The van der Waals surface area contributed by atoms with Crippen LogP contribution in [0.3, 0.4) is 0 Å². The van der Waals surface area contributed by atoms with Gasteiger partial charge >= 0.3 is 0 Å². The van der Waals surface area contributed by atoms with Gasteiger partial charge in [-0.15, -0.1) is 0 Å². The summed E-state index contributed by atoms with van der Waals surface area (Å²) in [5.41, 5.74) is 0.867. The van der Waals surface area contributed by atoms with Crippen molar-refractivity contribution in [1.29, 1.82) is 0 Å². The molecule has 2 rings (SSSR count). The van der Waals surface area contributed by atoms with Crippen molar-refractivity contribution in [2.75, 3.05) is 45.3 Å². The van der Waals surface area contributed by atoms with Crippen LogP contribution in [0, 0.1) is 0 Å². The Morgan fingerprint density at radius 2 is 2.03 bits per heavy atom. The maximum absolute atomic E-state index is 11.9. The van der Waals surface area contributed by atoms with Crippen molar-refractivity contribution in [1.82, 2.24) is 20.1 Å². The lowest BCUT2D eigenvalue weighted by atomic mass is 10.2. The van der Waals surface area contributed by atoms with E-state index in [2.05, 4.69) is 15.2 Å². The second-order valence-electron chi connectivity index (χ2n) is 6.73. The monoisotopic (exact) mass is 426 g/mol. The summed E-state index contributed by atoms with van der Waals surface area (Å²) in [6.45, 7) is 3.52. The summed E-state index contributed by atoms with van der Waals surface area (Å²) in [6, 6.07) is 3.68. The van der Waals surface area contributed by atoms with Gasteiger partial charge in [-0.2, -0.15) is 0 Å². The number of carbonyl (C=O) groups is 1. The summed E-state index contributed by atoms with van der Waals surface area (Å²) in [5.74, 6) is -0.130. The predicted molar refractivity (Wildman–Crippen MR) is 110 cm³/mol. The molecule has 0 aliphatic carbocycles. The molecule has 1 aliphatic heterocycles. The standard InChI is InChI=1S/C19H30N4O5S/c24-19(8-7-18-6-5-9-20-16-18)21-10-3-1-2-4-15-29(25,26)22-28-17-23-11-13-27-14-12-23/h5-9,16,22H,1-4,10-15,17H2,(H,21,24)/b8-7+. The fourth-order valence-corrected chi connectivity index (χ4v) is 3.57. The third-order valence-electron chi connectivity index (χ3n) is 4.29. The van der Waals surface area contributed by atoms with E-state index in [-0.39, 0.29) is 18.4 Å². The van der Waals surface area contributed by atoms with E-state index in [1.54, 1.807) is 18.5 Å². The van der Waals surface area contributed by atoms with Gasteiger partial charge in [-0.05, 0) is 30.5 Å². The number of morpholine rings is 1. The minimum Gasteiger partial charge on any atom is -0.379 e. The Balaban J connectivity index is 1.46. The number of hydrogen-bond donors (Lipinski definition) is 2. The van der Waals surface area contributed by atoms with Gasteiger partial charge in [0.2, 0.25) is 15.9 Å². The number of rotatable bonds is 13. The molecule has 29 heavy (non-hydrogen) atoms. The number of sulfonamides is 1. The summed E-state index contributed by atoms with van der Waals surface area (Å²) >= 11 is 0. The van der Waals surface area contributed by atoms with Gasteiger partial charge in [0.1, 0.15) is 6.73 Å². The molecule has 0 radical (unpaired) electrons. The van der Waals surface area contributed by atoms with Crippen molar-refractivity contribution in [2.45, 2.75) is 25.7 Å². The van der Waals surface area contributed by atoms with Crippen molar-refractivity contribution >= 4 is 22.0 Å².